The van der Waals surface area contributed by atoms with Crippen molar-refractivity contribution in [2.45, 2.75) is 19.4 Å². The third kappa shape index (κ3) is 2.35. The maximum atomic E-state index is 12.3. The van der Waals surface area contributed by atoms with Crippen molar-refractivity contribution in [2.24, 2.45) is 5.41 Å². The van der Waals surface area contributed by atoms with E-state index >= 15 is 0 Å². The van der Waals surface area contributed by atoms with Gasteiger partial charge in [0, 0.05) is 12.0 Å². The number of carbonyl (C=O) groups excluding carboxylic acids is 1. The van der Waals surface area contributed by atoms with E-state index in [2.05, 4.69) is 5.32 Å². The molecular formula is C15H17NO5. The highest BCUT2D eigenvalue weighted by Crippen LogP contribution is 2.30. The van der Waals surface area contributed by atoms with Gasteiger partial charge in [-0.05, 0) is 30.7 Å². The molecule has 0 aliphatic carbocycles. The van der Waals surface area contributed by atoms with Crippen LogP contribution in [0.2, 0.25) is 0 Å². The van der Waals surface area contributed by atoms with Gasteiger partial charge < -0.3 is 19.9 Å². The van der Waals surface area contributed by atoms with Gasteiger partial charge in [-0.25, -0.2) is 0 Å². The predicted octanol–water partition coefficient (Wildman–Crippen LogP) is 0.841. The average Bonchev–Trinajstić information content (AvgIpc) is 3.06. The van der Waals surface area contributed by atoms with Crippen LogP contribution in [-0.2, 0) is 16.0 Å². The van der Waals surface area contributed by atoms with E-state index in [4.69, 9.17) is 9.47 Å². The molecule has 2 N–H and O–H groups in total. The number of carboxylic acids is 1. The second-order valence-corrected chi connectivity index (χ2v) is 5.68. The summed E-state index contributed by atoms with van der Waals surface area (Å²) in [7, 11) is 0. The Hall–Kier alpha value is -2.08. The van der Waals surface area contributed by atoms with Crippen molar-refractivity contribution in [1.82, 2.24) is 5.32 Å². The molecule has 1 fully saturated rings. The van der Waals surface area contributed by atoms with E-state index in [0.717, 1.165) is 17.7 Å². The van der Waals surface area contributed by atoms with Gasteiger partial charge in [0.2, 0.25) is 0 Å². The van der Waals surface area contributed by atoms with Gasteiger partial charge in [0.25, 0.3) is 5.91 Å². The third-order valence-electron chi connectivity index (χ3n) is 4.20. The minimum atomic E-state index is -1.09. The molecule has 2 aliphatic rings. The van der Waals surface area contributed by atoms with E-state index in [1.807, 2.05) is 0 Å². The molecule has 2 heterocycles. The topological polar surface area (TPSA) is 84.9 Å². The first-order valence-electron chi connectivity index (χ1n) is 6.88. The Balaban J connectivity index is 1.76. The van der Waals surface area contributed by atoms with Crippen LogP contribution >= 0.6 is 0 Å². The van der Waals surface area contributed by atoms with E-state index < -0.39 is 17.4 Å². The number of nitrogens with one attached hydrogen (secondary N) is 1. The molecule has 0 saturated carbocycles. The monoisotopic (exact) mass is 291 g/mol. The molecule has 2 atom stereocenters. The molecular weight excluding hydrogens is 274 g/mol. The van der Waals surface area contributed by atoms with Gasteiger partial charge in [0.15, 0.2) is 0 Å². The Bertz CT molecular complexity index is 600. The zero-order valence-corrected chi connectivity index (χ0v) is 11.7. The summed E-state index contributed by atoms with van der Waals surface area (Å²) in [6, 6.07) is 4.73. The van der Waals surface area contributed by atoms with Crippen molar-refractivity contribution in [3.8, 4) is 5.75 Å². The highest BCUT2D eigenvalue weighted by atomic mass is 16.5. The zero-order chi connectivity index (χ0) is 15.0. The highest BCUT2D eigenvalue weighted by molar-refractivity contribution is 5.95. The lowest BCUT2D eigenvalue weighted by molar-refractivity contribution is -0.148. The summed E-state index contributed by atoms with van der Waals surface area (Å²) in [4.78, 5) is 23.7. The van der Waals surface area contributed by atoms with Crippen molar-refractivity contribution in [3.05, 3.63) is 29.3 Å². The molecule has 6 nitrogen and oxygen atoms in total. The van der Waals surface area contributed by atoms with Crippen LogP contribution < -0.4 is 10.1 Å². The van der Waals surface area contributed by atoms with E-state index in [-0.39, 0.29) is 19.1 Å². The van der Waals surface area contributed by atoms with Crippen LogP contribution in [0, 0.1) is 5.41 Å². The molecule has 2 unspecified atom stereocenters. The lowest BCUT2D eigenvalue weighted by Crippen LogP contribution is -2.49. The number of aliphatic carboxylic acids is 1. The Morgan fingerprint density at radius 1 is 1.43 bits per heavy atom. The maximum absolute atomic E-state index is 12.3. The lowest BCUT2D eigenvalue weighted by atomic mass is 9.85. The molecule has 1 amide bonds. The number of hydrogen-bond acceptors (Lipinski definition) is 4. The van der Waals surface area contributed by atoms with Crippen LogP contribution in [-0.4, -0.2) is 42.8 Å². The normalized spacial score (nSPS) is 27.0. The summed E-state index contributed by atoms with van der Waals surface area (Å²) in [5.41, 5.74) is 0.431. The summed E-state index contributed by atoms with van der Waals surface area (Å²) in [6.07, 6.45) is 0.788. The molecule has 0 aromatic heterocycles. The second-order valence-electron chi connectivity index (χ2n) is 5.68. The van der Waals surface area contributed by atoms with Crippen molar-refractivity contribution in [2.75, 3.05) is 19.8 Å². The number of amides is 1. The van der Waals surface area contributed by atoms with Gasteiger partial charge in [0.1, 0.15) is 11.2 Å². The fourth-order valence-electron chi connectivity index (χ4n) is 2.65. The molecule has 6 heteroatoms. The number of fused-ring (bicyclic) bond motifs is 1. The summed E-state index contributed by atoms with van der Waals surface area (Å²) < 4.78 is 10.6. The minimum Gasteiger partial charge on any atom is -0.493 e. The molecule has 1 aromatic rings. The maximum Gasteiger partial charge on any atom is 0.313 e. The molecule has 112 valence electrons. The zero-order valence-electron chi connectivity index (χ0n) is 11.7. The van der Waals surface area contributed by atoms with Crippen LogP contribution in [0.5, 0.6) is 5.75 Å². The Morgan fingerprint density at radius 3 is 3.00 bits per heavy atom. The summed E-state index contributed by atoms with van der Waals surface area (Å²) >= 11 is 0. The van der Waals surface area contributed by atoms with Gasteiger partial charge in [-0.1, -0.05) is 0 Å². The second kappa shape index (κ2) is 5.04. The summed E-state index contributed by atoms with van der Waals surface area (Å²) in [5.74, 6) is -0.438. The van der Waals surface area contributed by atoms with Gasteiger partial charge in [-0.2, -0.15) is 0 Å². The molecule has 2 aliphatic heterocycles. The minimum absolute atomic E-state index is 0.102. The van der Waals surface area contributed by atoms with Gasteiger partial charge in [-0.15, -0.1) is 0 Å². The Kier molecular flexibility index (Phi) is 3.33. The van der Waals surface area contributed by atoms with E-state index in [9.17, 15) is 14.7 Å². The first kappa shape index (κ1) is 13.9. The number of benzene rings is 1. The highest BCUT2D eigenvalue weighted by Gasteiger charge is 2.47. The molecule has 21 heavy (non-hydrogen) atoms. The smallest absolute Gasteiger partial charge is 0.313 e. The first-order valence-corrected chi connectivity index (χ1v) is 6.88. The number of carboxylic acid groups (broad SMARTS) is 1. The first-order chi connectivity index (χ1) is 10.0. The van der Waals surface area contributed by atoms with Crippen LogP contribution in [0.4, 0.5) is 0 Å². The summed E-state index contributed by atoms with van der Waals surface area (Å²) in [6.45, 7) is 2.53. The van der Waals surface area contributed by atoms with E-state index in [0.29, 0.717) is 12.2 Å². The molecule has 1 aromatic carbocycles. The average molecular weight is 291 g/mol. The molecule has 0 bridgehead atoms. The van der Waals surface area contributed by atoms with E-state index in [1.165, 1.54) is 0 Å². The van der Waals surface area contributed by atoms with Crippen molar-refractivity contribution >= 4 is 11.9 Å². The Labute approximate surface area is 122 Å². The van der Waals surface area contributed by atoms with Crippen molar-refractivity contribution in [3.63, 3.8) is 0 Å². The third-order valence-corrected chi connectivity index (χ3v) is 4.20. The van der Waals surface area contributed by atoms with Crippen LogP contribution in [0.3, 0.4) is 0 Å². The fourth-order valence-corrected chi connectivity index (χ4v) is 2.65. The van der Waals surface area contributed by atoms with Crippen molar-refractivity contribution in [1.29, 1.82) is 0 Å². The quantitative estimate of drug-likeness (QED) is 0.862. The molecule has 0 spiro atoms. The van der Waals surface area contributed by atoms with Gasteiger partial charge in [-0.3, -0.25) is 9.59 Å². The number of rotatable bonds is 3. The molecule has 3 rings (SSSR count). The molecule has 1 saturated heterocycles. The lowest BCUT2D eigenvalue weighted by Gasteiger charge is -2.25. The van der Waals surface area contributed by atoms with Crippen molar-refractivity contribution < 1.29 is 24.2 Å². The van der Waals surface area contributed by atoms with Gasteiger partial charge >= 0.3 is 5.97 Å². The van der Waals surface area contributed by atoms with Crippen LogP contribution in [0.25, 0.3) is 0 Å². The number of carbonyl (C=O) groups is 2. The molecule has 0 radical (unpaired) electrons. The number of hydrogen-bond donors (Lipinski definition) is 2. The largest absolute Gasteiger partial charge is 0.493 e. The SMILES string of the molecule is CC1(C(=O)O)COCC1NC(=O)c1ccc2c(c1)CCO2. The number of ether oxygens (including phenoxy) is 2. The fraction of sp³-hybridized carbons (Fsp3) is 0.467. The summed E-state index contributed by atoms with van der Waals surface area (Å²) in [5, 5.41) is 12.1. The standard InChI is InChI=1S/C15H17NO5/c1-15(14(18)19)8-20-7-12(15)16-13(17)10-2-3-11-9(6-10)4-5-21-11/h2-3,6,12H,4-5,7-8H2,1H3,(H,16,17)(H,18,19). The predicted molar refractivity (Wildman–Crippen MR) is 73.5 cm³/mol. The Morgan fingerprint density at radius 2 is 2.24 bits per heavy atom. The van der Waals surface area contributed by atoms with Crippen LogP contribution in [0.1, 0.15) is 22.8 Å². The van der Waals surface area contributed by atoms with Crippen LogP contribution in [0.15, 0.2) is 18.2 Å². The van der Waals surface area contributed by atoms with E-state index in [1.54, 1.807) is 25.1 Å². The van der Waals surface area contributed by atoms with Gasteiger partial charge in [0.05, 0.1) is 25.9 Å².